The Morgan fingerprint density at radius 1 is 1.17 bits per heavy atom. The number of carbonyl (C=O) groups excluding carboxylic acids is 2. The van der Waals surface area contributed by atoms with E-state index >= 15 is 0 Å². The average Bonchev–Trinajstić information content (AvgIpc) is 3.21. The van der Waals surface area contributed by atoms with Crippen molar-refractivity contribution in [1.82, 2.24) is 10.6 Å². The van der Waals surface area contributed by atoms with Gasteiger partial charge in [-0.25, -0.2) is 0 Å². The van der Waals surface area contributed by atoms with E-state index in [1.165, 1.54) is 6.26 Å². The second-order valence-corrected chi connectivity index (χ2v) is 5.18. The first-order valence-electron chi connectivity index (χ1n) is 7.19. The molecule has 3 rings (SSSR count). The number of carbonyl (C=O) groups is 2. The minimum absolute atomic E-state index is 0. The second-order valence-electron chi connectivity index (χ2n) is 5.18. The molecule has 1 fully saturated rings. The SMILES string of the molecule is Cl.O=C(NC1CCNC1)c1cccc(NC(=O)c2ccco2)c1. The molecule has 1 atom stereocenters. The third kappa shape index (κ3) is 4.34. The molecule has 2 amide bonds. The molecule has 0 aliphatic carbocycles. The molecule has 1 aromatic carbocycles. The zero-order valence-electron chi connectivity index (χ0n) is 12.4. The summed E-state index contributed by atoms with van der Waals surface area (Å²) in [6.07, 6.45) is 2.37. The summed E-state index contributed by atoms with van der Waals surface area (Å²) < 4.78 is 5.04. The minimum atomic E-state index is -0.345. The number of amides is 2. The fourth-order valence-corrected chi connectivity index (χ4v) is 2.39. The Morgan fingerprint density at radius 2 is 2.04 bits per heavy atom. The lowest BCUT2D eigenvalue weighted by molar-refractivity contribution is 0.0938. The van der Waals surface area contributed by atoms with E-state index in [4.69, 9.17) is 4.42 Å². The van der Waals surface area contributed by atoms with Crippen molar-refractivity contribution >= 4 is 29.9 Å². The number of benzene rings is 1. The van der Waals surface area contributed by atoms with E-state index < -0.39 is 0 Å². The molecule has 1 aliphatic rings. The van der Waals surface area contributed by atoms with Crippen LogP contribution in [0.15, 0.2) is 47.1 Å². The smallest absolute Gasteiger partial charge is 0.291 e. The summed E-state index contributed by atoms with van der Waals surface area (Å²) in [5.74, 6) is -0.253. The Hall–Kier alpha value is -2.31. The van der Waals surface area contributed by atoms with Crippen molar-refractivity contribution in [3.63, 3.8) is 0 Å². The molecule has 0 bridgehead atoms. The second kappa shape index (κ2) is 7.80. The van der Waals surface area contributed by atoms with Gasteiger partial charge >= 0.3 is 0 Å². The number of furan rings is 1. The van der Waals surface area contributed by atoms with Crippen molar-refractivity contribution in [2.45, 2.75) is 12.5 Å². The van der Waals surface area contributed by atoms with E-state index in [9.17, 15) is 9.59 Å². The molecule has 3 N–H and O–H groups in total. The summed E-state index contributed by atoms with van der Waals surface area (Å²) in [6, 6.07) is 10.2. The fraction of sp³-hybridized carbons (Fsp3) is 0.250. The van der Waals surface area contributed by atoms with Gasteiger partial charge in [0.1, 0.15) is 0 Å². The van der Waals surface area contributed by atoms with Crippen LogP contribution in [-0.4, -0.2) is 30.9 Å². The molecule has 1 unspecified atom stereocenters. The molecule has 0 spiro atoms. The highest BCUT2D eigenvalue weighted by Crippen LogP contribution is 2.13. The maximum Gasteiger partial charge on any atom is 0.291 e. The third-order valence-corrected chi connectivity index (χ3v) is 3.52. The van der Waals surface area contributed by atoms with Gasteiger partial charge in [-0.15, -0.1) is 12.4 Å². The zero-order valence-corrected chi connectivity index (χ0v) is 13.2. The van der Waals surface area contributed by atoms with Crippen LogP contribution in [0, 0.1) is 0 Å². The molecular weight excluding hydrogens is 318 g/mol. The van der Waals surface area contributed by atoms with Gasteiger partial charge in [0.25, 0.3) is 11.8 Å². The van der Waals surface area contributed by atoms with Gasteiger partial charge in [0.15, 0.2) is 5.76 Å². The van der Waals surface area contributed by atoms with Crippen LogP contribution >= 0.6 is 12.4 Å². The summed E-state index contributed by atoms with van der Waals surface area (Å²) in [5.41, 5.74) is 1.07. The largest absolute Gasteiger partial charge is 0.459 e. The fourth-order valence-electron chi connectivity index (χ4n) is 2.39. The van der Waals surface area contributed by atoms with Gasteiger partial charge in [-0.2, -0.15) is 0 Å². The first-order valence-corrected chi connectivity index (χ1v) is 7.19. The summed E-state index contributed by atoms with van der Waals surface area (Å²) in [6.45, 7) is 1.71. The number of anilines is 1. The van der Waals surface area contributed by atoms with Gasteiger partial charge < -0.3 is 20.4 Å². The van der Waals surface area contributed by atoms with Crippen LogP contribution in [0.2, 0.25) is 0 Å². The molecule has 1 aromatic heterocycles. The summed E-state index contributed by atoms with van der Waals surface area (Å²) >= 11 is 0. The highest BCUT2D eigenvalue weighted by Gasteiger charge is 2.18. The van der Waals surface area contributed by atoms with Gasteiger partial charge in [0, 0.05) is 23.8 Å². The van der Waals surface area contributed by atoms with Crippen LogP contribution < -0.4 is 16.0 Å². The van der Waals surface area contributed by atoms with Crippen molar-refractivity contribution < 1.29 is 14.0 Å². The Kier molecular flexibility index (Phi) is 5.78. The topological polar surface area (TPSA) is 83.4 Å². The number of hydrogen-bond acceptors (Lipinski definition) is 4. The average molecular weight is 336 g/mol. The molecule has 7 heteroatoms. The predicted octanol–water partition coefficient (Wildman–Crippen LogP) is 2.05. The lowest BCUT2D eigenvalue weighted by Gasteiger charge is -2.12. The number of hydrogen-bond donors (Lipinski definition) is 3. The zero-order chi connectivity index (χ0) is 15.4. The Morgan fingerprint density at radius 3 is 2.74 bits per heavy atom. The molecule has 0 radical (unpaired) electrons. The third-order valence-electron chi connectivity index (χ3n) is 3.52. The molecule has 6 nitrogen and oxygen atoms in total. The maximum absolute atomic E-state index is 12.2. The van der Waals surface area contributed by atoms with Crippen molar-refractivity contribution in [3.8, 4) is 0 Å². The molecule has 2 aromatic rings. The number of nitrogens with one attached hydrogen (secondary N) is 3. The Labute approximate surface area is 140 Å². The molecular formula is C16H18ClN3O3. The number of halogens is 1. The van der Waals surface area contributed by atoms with Crippen molar-refractivity contribution in [1.29, 1.82) is 0 Å². The van der Waals surface area contributed by atoms with E-state index in [1.54, 1.807) is 36.4 Å². The predicted molar refractivity (Wildman–Crippen MR) is 89.1 cm³/mol. The number of rotatable bonds is 4. The van der Waals surface area contributed by atoms with E-state index in [1.807, 2.05) is 0 Å². The van der Waals surface area contributed by atoms with E-state index in [-0.39, 0.29) is 36.0 Å². The lowest BCUT2D eigenvalue weighted by atomic mass is 10.1. The molecule has 2 heterocycles. The van der Waals surface area contributed by atoms with Gasteiger partial charge in [-0.05, 0) is 43.3 Å². The first kappa shape index (κ1) is 17.1. The van der Waals surface area contributed by atoms with Crippen LogP contribution in [0.25, 0.3) is 0 Å². The van der Waals surface area contributed by atoms with Crippen LogP contribution in [0.3, 0.4) is 0 Å². The molecule has 122 valence electrons. The minimum Gasteiger partial charge on any atom is -0.459 e. The van der Waals surface area contributed by atoms with E-state index in [0.717, 1.165) is 19.5 Å². The Balaban J connectivity index is 0.00000192. The van der Waals surface area contributed by atoms with Crippen LogP contribution in [0.5, 0.6) is 0 Å². The van der Waals surface area contributed by atoms with E-state index in [2.05, 4.69) is 16.0 Å². The highest BCUT2D eigenvalue weighted by molar-refractivity contribution is 6.03. The molecule has 23 heavy (non-hydrogen) atoms. The van der Waals surface area contributed by atoms with Crippen LogP contribution in [0.1, 0.15) is 27.3 Å². The summed E-state index contributed by atoms with van der Waals surface area (Å²) in [5, 5.41) is 8.88. The lowest BCUT2D eigenvalue weighted by Crippen LogP contribution is -2.36. The maximum atomic E-state index is 12.2. The van der Waals surface area contributed by atoms with Gasteiger partial charge in [0.05, 0.1) is 6.26 Å². The summed E-state index contributed by atoms with van der Waals surface area (Å²) in [4.78, 5) is 24.1. The first-order chi connectivity index (χ1) is 10.7. The summed E-state index contributed by atoms with van der Waals surface area (Å²) in [7, 11) is 0. The van der Waals surface area contributed by atoms with Gasteiger partial charge in [-0.1, -0.05) is 6.07 Å². The van der Waals surface area contributed by atoms with Crippen molar-refractivity contribution in [3.05, 3.63) is 54.0 Å². The highest BCUT2D eigenvalue weighted by atomic mass is 35.5. The van der Waals surface area contributed by atoms with Crippen LogP contribution in [-0.2, 0) is 0 Å². The van der Waals surface area contributed by atoms with Crippen LogP contribution in [0.4, 0.5) is 5.69 Å². The standard InChI is InChI=1S/C16H17N3O3.ClH/c20-15(19-13-6-7-17-10-13)11-3-1-4-12(9-11)18-16(21)14-5-2-8-22-14;/h1-5,8-9,13,17H,6-7,10H2,(H,18,21)(H,19,20);1H. The van der Waals surface area contributed by atoms with E-state index in [0.29, 0.717) is 11.3 Å². The normalized spacial score (nSPS) is 16.4. The quantitative estimate of drug-likeness (QED) is 0.798. The molecule has 1 saturated heterocycles. The van der Waals surface area contributed by atoms with Gasteiger partial charge in [-0.3, -0.25) is 9.59 Å². The Bertz CT molecular complexity index is 667. The van der Waals surface area contributed by atoms with Crippen molar-refractivity contribution in [2.24, 2.45) is 0 Å². The molecule has 1 aliphatic heterocycles. The molecule has 0 saturated carbocycles. The van der Waals surface area contributed by atoms with Crippen molar-refractivity contribution in [2.75, 3.05) is 18.4 Å². The van der Waals surface area contributed by atoms with Gasteiger partial charge in [0.2, 0.25) is 0 Å². The monoisotopic (exact) mass is 335 g/mol.